The number of rotatable bonds is 7. The van der Waals surface area contributed by atoms with Crippen LogP contribution in [0.4, 0.5) is 0 Å². The van der Waals surface area contributed by atoms with Crippen molar-refractivity contribution in [3.05, 3.63) is 41.5 Å². The molecule has 0 aliphatic rings. The minimum atomic E-state index is -0.127. The van der Waals surface area contributed by atoms with Crippen molar-refractivity contribution in [3.63, 3.8) is 0 Å². The highest BCUT2D eigenvalue weighted by molar-refractivity contribution is 5.75. The van der Waals surface area contributed by atoms with Gasteiger partial charge in [0.1, 0.15) is 5.75 Å². The Morgan fingerprint density at radius 3 is 2.54 bits per heavy atom. The Bertz CT molecular complexity index is 657. The molecule has 2 aromatic rings. The smallest absolute Gasteiger partial charge is 0.226 e. The number of aromatic nitrogens is 2. The molecule has 6 heteroatoms. The topological polar surface area (TPSA) is 77.2 Å². The summed E-state index contributed by atoms with van der Waals surface area (Å²) in [6, 6.07) is 7.63. The molecule has 2 rings (SSSR count). The van der Waals surface area contributed by atoms with Gasteiger partial charge in [-0.05, 0) is 24.1 Å². The van der Waals surface area contributed by atoms with E-state index < -0.39 is 0 Å². The largest absolute Gasteiger partial charge is 0.497 e. The van der Waals surface area contributed by atoms with E-state index in [1.54, 1.807) is 7.11 Å². The Balaban J connectivity index is 1.70. The Kier molecular flexibility index (Phi) is 5.95. The molecule has 1 aromatic heterocycles. The van der Waals surface area contributed by atoms with Crippen LogP contribution in [0.25, 0.3) is 0 Å². The molecule has 1 aromatic carbocycles. The summed E-state index contributed by atoms with van der Waals surface area (Å²) in [5, 5.41) is 6.88. The van der Waals surface area contributed by atoms with Crippen LogP contribution in [-0.2, 0) is 23.2 Å². The second kappa shape index (κ2) is 7.95. The summed E-state index contributed by atoms with van der Waals surface area (Å²) in [7, 11) is 1.63. The first-order chi connectivity index (χ1) is 11.4. The number of hydrogen-bond acceptors (Lipinski definition) is 5. The molecule has 0 atom stereocenters. The molecule has 24 heavy (non-hydrogen) atoms. The van der Waals surface area contributed by atoms with Crippen LogP contribution >= 0.6 is 0 Å². The second-order valence-electron chi connectivity index (χ2n) is 6.74. The summed E-state index contributed by atoms with van der Waals surface area (Å²) < 4.78 is 10.3. The number of benzene rings is 1. The molecule has 0 saturated carbocycles. The lowest BCUT2D eigenvalue weighted by Gasteiger charge is -2.10. The zero-order valence-corrected chi connectivity index (χ0v) is 14.8. The van der Waals surface area contributed by atoms with Gasteiger partial charge in [-0.15, -0.1) is 0 Å². The molecule has 1 N–H and O–H groups in total. The molecule has 6 nitrogen and oxygen atoms in total. The normalized spacial score (nSPS) is 11.3. The standard InChI is InChI=1S/C18H25N3O3/c1-18(2,3)17-20-16(24-21-17)7-5-6-15(22)19-12-13-8-10-14(23-4)11-9-13/h8-11H,5-7,12H2,1-4H3,(H,19,22). The van der Waals surface area contributed by atoms with Gasteiger partial charge in [-0.25, -0.2) is 0 Å². The summed E-state index contributed by atoms with van der Waals surface area (Å²) >= 11 is 0. The van der Waals surface area contributed by atoms with E-state index in [4.69, 9.17) is 9.26 Å². The number of methoxy groups -OCH3 is 1. The first-order valence-electron chi connectivity index (χ1n) is 8.11. The van der Waals surface area contributed by atoms with Gasteiger partial charge in [-0.1, -0.05) is 38.1 Å². The number of hydrogen-bond donors (Lipinski definition) is 1. The summed E-state index contributed by atoms with van der Waals surface area (Å²) in [5.41, 5.74) is 0.910. The van der Waals surface area contributed by atoms with Gasteiger partial charge in [0.25, 0.3) is 0 Å². The summed E-state index contributed by atoms with van der Waals surface area (Å²) in [6.45, 7) is 6.62. The van der Waals surface area contributed by atoms with Gasteiger partial charge in [0.2, 0.25) is 11.8 Å². The van der Waals surface area contributed by atoms with Crippen molar-refractivity contribution in [2.24, 2.45) is 0 Å². The van der Waals surface area contributed by atoms with Crippen molar-refractivity contribution in [1.29, 1.82) is 0 Å². The van der Waals surface area contributed by atoms with Crippen LogP contribution < -0.4 is 10.1 Å². The third-order valence-corrected chi connectivity index (χ3v) is 3.58. The first kappa shape index (κ1) is 18.0. The van der Waals surface area contributed by atoms with E-state index in [0.29, 0.717) is 37.5 Å². The van der Waals surface area contributed by atoms with Gasteiger partial charge >= 0.3 is 0 Å². The molecular weight excluding hydrogens is 306 g/mol. The van der Waals surface area contributed by atoms with E-state index in [-0.39, 0.29) is 11.3 Å². The van der Waals surface area contributed by atoms with Crippen LogP contribution in [0.2, 0.25) is 0 Å². The maximum atomic E-state index is 11.9. The highest BCUT2D eigenvalue weighted by Gasteiger charge is 2.20. The molecule has 0 aliphatic heterocycles. The quantitative estimate of drug-likeness (QED) is 0.844. The summed E-state index contributed by atoms with van der Waals surface area (Å²) in [4.78, 5) is 16.3. The molecule has 0 bridgehead atoms. The fraction of sp³-hybridized carbons (Fsp3) is 0.500. The summed E-state index contributed by atoms with van der Waals surface area (Å²) in [5.74, 6) is 2.10. The van der Waals surface area contributed by atoms with E-state index >= 15 is 0 Å². The molecular formula is C18H25N3O3. The molecule has 0 unspecified atom stereocenters. The zero-order chi connectivity index (χ0) is 17.6. The van der Waals surface area contributed by atoms with Crippen molar-refractivity contribution in [1.82, 2.24) is 15.5 Å². The molecule has 0 spiro atoms. The van der Waals surface area contributed by atoms with Crippen LogP contribution in [0.1, 0.15) is 50.9 Å². The maximum absolute atomic E-state index is 11.9. The molecule has 0 radical (unpaired) electrons. The van der Waals surface area contributed by atoms with Crippen molar-refractivity contribution in [2.45, 2.75) is 52.0 Å². The number of aryl methyl sites for hydroxylation is 1. The molecule has 1 heterocycles. The monoisotopic (exact) mass is 331 g/mol. The first-order valence-corrected chi connectivity index (χ1v) is 8.11. The van der Waals surface area contributed by atoms with Crippen LogP contribution in [0.5, 0.6) is 5.75 Å². The Morgan fingerprint density at radius 2 is 1.96 bits per heavy atom. The average Bonchev–Trinajstić information content (AvgIpc) is 3.02. The zero-order valence-electron chi connectivity index (χ0n) is 14.8. The second-order valence-corrected chi connectivity index (χ2v) is 6.74. The SMILES string of the molecule is COc1ccc(CNC(=O)CCCc2nc(C(C)(C)C)no2)cc1. The molecule has 130 valence electrons. The molecule has 0 saturated heterocycles. The number of amides is 1. The maximum Gasteiger partial charge on any atom is 0.226 e. The number of carbonyl (C=O) groups excluding carboxylic acids is 1. The van der Waals surface area contributed by atoms with E-state index in [2.05, 4.69) is 15.5 Å². The van der Waals surface area contributed by atoms with Crippen LogP contribution in [-0.4, -0.2) is 23.2 Å². The summed E-state index contributed by atoms with van der Waals surface area (Å²) in [6.07, 6.45) is 1.72. The van der Waals surface area contributed by atoms with Crippen LogP contribution in [0.3, 0.4) is 0 Å². The number of nitrogens with zero attached hydrogens (tertiary/aromatic N) is 2. The van der Waals surface area contributed by atoms with Crippen molar-refractivity contribution in [2.75, 3.05) is 7.11 Å². The van der Waals surface area contributed by atoms with E-state index in [1.807, 2.05) is 45.0 Å². The fourth-order valence-corrected chi connectivity index (χ4v) is 2.09. The highest BCUT2D eigenvalue weighted by atomic mass is 16.5. The van der Waals surface area contributed by atoms with E-state index in [1.165, 1.54) is 0 Å². The van der Waals surface area contributed by atoms with Gasteiger partial charge < -0.3 is 14.6 Å². The van der Waals surface area contributed by atoms with Crippen LogP contribution in [0, 0.1) is 0 Å². The molecule has 0 fully saturated rings. The van der Waals surface area contributed by atoms with E-state index in [9.17, 15) is 4.79 Å². The molecule has 1 amide bonds. The van der Waals surface area contributed by atoms with Gasteiger partial charge in [0, 0.05) is 24.8 Å². The number of nitrogens with one attached hydrogen (secondary N) is 1. The van der Waals surface area contributed by atoms with Gasteiger partial charge in [0.15, 0.2) is 5.82 Å². The number of carbonyl (C=O) groups is 1. The minimum absolute atomic E-state index is 0.0152. The lowest BCUT2D eigenvalue weighted by Crippen LogP contribution is -2.22. The van der Waals surface area contributed by atoms with Gasteiger partial charge in [0.05, 0.1) is 7.11 Å². The van der Waals surface area contributed by atoms with Crippen molar-refractivity contribution in [3.8, 4) is 5.75 Å². The van der Waals surface area contributed by atoms with Gasteiger partial charge in [-0.2, -0.15) is 4.98 Å². The predicted molar refractivity (Wildman–Crippen MR) is 90.8 cm³/mol. The predicted octanol–water partition coefficient (Wildman–Crippen LogP) is 3.01. The Morgan fingerprint density at radius 1 is 1.25 bits per heavy atom. The Labute approximate surface area is 142 Å². The molecule has 0 aliphatic carbocycles. The highest BCUT2D eigenvalue weighted by Crippen LogP contribution is 2.19. The van der Waals surface area contributed by atoms with E-state index in [0.717, 1.165) is 11.3 Å². The average molecular weight is 331 g/mol. The van der Waals surface area contributed by atoms with Crippen molar-refractivity contribution < 1.29 is 14.1 Å². The lowest BCUT2D eigenvalue weighted by atomic mass is 9.96. The Hall–Kier alpha value is -2.37. The number of ether oxygens (including phenoxy) is 1. The fourth-order valence-electron chi connectivity index (χ4n) is 2.09. The van der Waals surface area contributed by atoms with Crippen LogP contribution in [0.15, 0.2) is 28.8 Å². The van der Waals surface area contributed by atoms with Gasteiger partial charge in [-0.3, -0.25) is 4.79 Å². The minimum Gasteiger partial charge on any atom is -0.497 e. The third kappa shape index (κ3) is 5.37. The van der Waals surface area contributed by atoms with Crippen molar-refractivity contribution >= 4 is 5.91 Å². The lowest BCUT2D eigenvalue weighted by molar-refractivity contribution is -0.121. The third-order valence-electron chi connectivity index (χ3n) is 3.58.